The Bertz CT molecular complexity index is 1310. The van der Waals surface area contributed by atoms with Crippen molar-refractivity contribution < 1.29 is 4.79 Å². The molecule has 1 aliphatic rings. The zero-order valence-electron chi connectivity index (χ0n) is 16.4. The Kier molecular flexibility index (Phi) is 4.69. The van der Waals surface area contributed by atoms with E-state index in [0.29, 0.717) is 11.5 Å². The lowest BCUT2D eigenvalue weighted by Gasteiger charge is -2.07. The standard InChI is InChI=1S/C23H17N7O/c24-14-18-12-16(6-9-25-18)17-7-10-26-20(13-17)27-23(31)21-28-22-19(8-11-30(22)29-21)15-4-2-1-3-5-15/h1-7,9-10,12-13,19H,8,11H2,(H,26,27,31). The van der Waals surface area contributed by atoms with E-state index in [-0.39, 0.29) is 11.7 Å². The van der Waals surface area contributed by atoms with Gasteiger partial charge in [0.1, 0.15) is 23.4 Å². The fourth-order valence-electron chi connectivity index (χ4n) is 3.78. The number of pyridine rings is 2. The summed E-state index contributed by atoms with van der Waals surface area (Å²) in [4.78, 5) is 25.5. The van der Waals surface area contributed by atoms with Crippen LogP contribution in [0.3, 0.4) is 0 Å². The number of benzene rings is 1. The van der Waals surface area contributed by atoms with Crippen molar-refractivity contribution >= 4 is 11.7 Å². The fraction of sp³-hybridized carbons (Fsp3) is 0.130. The molecule has 1 atom stereocenters. The zero-order chi connectivity index (χ0) is 21.2. The molecule has 1 unspecified atom stereocenters. The third-order valence-electron chi connectivity index (χ3n) is 5.26. The Labute approximate surface area is 178 Å². The summed E-state index contributed by atoms with van der Waals surface area (Å²) in [7, 11) is 0. The molecule has 1 N–H and O–H groups in total. The number of aryl methyl sites for hydroxylation is 1. The summed E-state index contributed by atoms with van der Waals surface area (Å²) in [5.74, 6) is 1.04. The minimum Gasteiger partial charge on any atom is -0.304 e. The quantitative estimate of drug-likeness (QED) is 0.555. The third-order valence-corrected chi connectivity index (χ3v) is 5.26. The molecule has 31 heavy (non-hydrogen) atoms. The number of nitrogens with one attached hydrogen (secondary N) is 1. The summed E-state index contributed by atoms with van der Waals surface area (Å²) in [6, 6.07) is 19.2. The Morgan fingerprint density at radius 2 is 1.84 bits per heavy atom. The number of rotatable bonds is 4. The first-order valence-corrected chi connectivity index (χ1v) is 9.85. The number of amides is 1. The molecule has 1 aromatic carbocycles. The van der Waals surface area contributed by atoms with E-state index in [0.717, 1.165) is 29.9 Å². The average molecular weight is 407 g/mol. The molecular weight excluding hydrogens is 390 g/mol. The Morgan fingerprint density at radius 1 is 1.06 bits per heavy atom. The number of carbonyl (C=O) groups excluding carboxylic acids is 1. The first-order chi connectivity index (χ1) is 15.2. The molecule has 1 amide bonds. The first kappa shape index (κ1) is 18.6. The third kappa shape index (κ3) is 3.65. The predicted octanol–water partition coefficient (Wildman–Crippen LogP) is 3.39. The van der Waals surface area contributed by atoms with Gasteiger partial charge in [-0.25, -0.2) is 19.6 Å². The highest BCUT2D eigenvalue weighted by atomic mass is 16.2. The van der Waals surface area contributed by atoms with Crippen LogP contribution in [0.4, 0.5) is 5.82 Å². The normalized spacial score (nSPS) is 14.6. The van der Waals surface area contributed by atoms with E-state index >= 15 is 0 Å². The number of carbonyl (C=O) groups is 1. The highest BCUT2D eigenvalue weighted by Crippen LogP contribution is 2.32. The number of aromatic nitrogens is 5. The van der Waals surface area contributed by atoms with Crippen LogP contribution in [0.25, 0.3) is 11.1 Å². The molecule has 0 saturated heterocycles. The molecule has 4 aromatic rings. The van der Waals surface area contributed by atoms with E-state index in [1.54, 1.807) is 41.3 Å². The zero-order valence-corrected chi connectivity index (χ0v) is 16.4. The number of nitriles is 1. The van der Waals surface area contributed by atoms with Crippen molar-refractivity contribution in [3.8, 4) is 17.2 Å². The summed E-state index contributed by atoms with van der Waals surface area (Å²) in [5, 5.41) is 16.2. The fourth-order valence-corrected chi connectivity index (χ4v) is 3.78. The maximum absolute atomic E-state index is 12.8. The second kappa shape index (κ2) is 7.80. The van der Waals surface area contributed by atoms with Gasteiger partial charge in [-0.3, -0.25) is 4.79 Å². The van der Waals surface area contributed by atoms with Gasteiger partial charge in [0.25, 0.3) is 5.91 Å². The number of hydrogen-bond acceptors (Lipinski definition) is 6. The van der Waals surface area contributed by atoms with E-state index < -0.39 is 5.91 Å². The van der Waals surface area contributed by atoms with E-state index in [2.05, 4.69) is 37.5 Å². The van der Waals surface area contributed by atoms with Gasteiger partial charge >= 0.3 is 0 Å². The monoisotopic (exact) mass is 407 g/mol. The average Bonchev–Trinajstić information content (AvgIpc) is 3.41. The molecule has 4 heterocycles. The molecule has 5 rings (SSSR count). The lowest BCUT2D eigenvalue weighted by atomic mass is 9.97. The molecule has 0 radical (unpaired) electrons. The van der Waals surface area contributed by atoms with E-state index in [1.807, 2.05) is 24.3 Å². The van der Waals surface area contributed by atoms with Gasteiger partial charge in [0, 0.05) is 24.9 Å². The Morgan fingerprint density at radius 3 is 2.65 bits per heavy atom. The number of hydrogen-bond donors (Lipinski definition) is 1. The van der Waals surface area contributed by atoms with Gasteiger partial charge < -0.3 is 5.32 Å². The maximum Gasteiger partial charge on any atom is 0.296 e. The predicted molar refractivity (Wildman–Crippen MR) is 113 cm³/mol. The van der Waals surface area contributed by atoms with Crippen LogP contribution in [0.15, 0.2) is 67.0 Å². The molecule has 0 bridgehead atoms. The van der Waals surface area contributed by atoms with Crippen molar-refractivity contribution in [3.05, 3.63) is 89.9 Å². The Balaban J connectivity index is 1.37. The van der Waals surface area contributed by atoms with Crippen LogP contribution in [-0.2, 0) is 6.54 Å². The highest BCUT2D eigenvalue weighted by Gasteiger charge is 2.29. The van der Waals surface area contributed by atoms with Gasteiger partial charge in [-0.1, -0.05) is 30.3 Å². The van der Waals surface area contributed by atoms with Crippen molar-refractivity contribution in [2.24, 2.45) is 0 Å². The number of anilines is 1. The SMILES string of the molecule is N#Cc1cc(-c2ccnc(NC(=O)c3nc4n(n3)CCC4c3ccccc3)c2)ccn1. The minimum absolute atomic E-state index is 0.124. The molecular formula is C23H17N7O. The second-order valence-electron chi connectivity index (χ2n) is 7.19. The van der Waals surface area contributed by atoms with Crippen molar-refractivity contribution in [2.45, 2.75) is 18.9 Å². The van der Waals surface area contributed by atoms with Crippen molar-refractivity contribution in [2.75, 3.05) is 5.32 Å². The van der Waals surface area contributed by atoms with Crippen LogP contribution in [-0.4, -0.2) is 30.6 Å². The highest BCUT2D eigenvalue weighted by molar-refractivity contribution is 6.01. The summed E-state index contributed by atoms with van der Waals surface area (Å²) >= 11 is 0. The van der Waals surface area contributed by atoms with Crippen LogP contribution in [0, 0.1) is 11.3 Å². The van der Waals surface area contributed by atoms with E-state index in [1.165, 1.54) is 5.56 Å². The molecule has 8 nitrogen and oxygen atoms in total. The lowest BCUT2D eigenvalue weighted by molar-refractivity contribution is 0.101. The van der Waals surface area contributed by atoms with Gasteiger partial charge in [-0.15, -0.1) is 5.10 Å². The lowest BCUT2D eigenvalue weighted by Crippen LogP contribution is -2.15. The van der Waals surface area contributed by atoms with Crippen molar-refractivity contribution in [1.82, 2.24) is 24.7 Å². The molecule has 150 valence electrons. The first-order valence-electron chi connectivity index (χ1n) is 9.85. The number of nitrogens with zero attached hydrogens (tertiary/aromatic N) is 6. The Hall–Kier alpha value is -4.38. The van der Waals surface area contributed by atoms with Crippen LogP contribution < -0.4 is 5.32 Å². The van der Waals surface area contributed by atoms with Gasteiger partial charge in [-0.05, 0) is 47.4 Å². The smallest absolute Gasteiger partial charge is 0.296 e. The van der Waals surface area contributed by atoms with Gasteiger partial charge in [-0.2, -0.15) is 5.26 Å². The summed E-state index contributed by atoms with van der Waals surface area (Å²) in [5.41, 5.74) is 3.12. The van der Waals surface area contributed by atoms with E-state index in [4.69, 9.17) is 5.26 Å². The summed E-state index contributed by atoms with van der Waals surface area (Å²) < 4.78 is 1.80. The van der Waals surface area contributed by atoms with Gasteiger partial charge in [0.15, 0.2) is 0 Å². The topological polar surface area (TPSA) is 109 Å². The minimum atomic E-state index is -0.411. The van der Waals surface area contributed by atoms with Gasteiger partial charge in [0.2, 0.25) is 5.82 Å². The van der Waals surface area contributed by atoms with Gasteiger partial charge in [0.05, 0.1) is 0 Å². The van der Waals surface area contributed by atoms with Crippen molar-refractivity contribution in [3.63, 3.8) is 0 Å². The largest absolute Gasteiger partial charge is 0.304 e. The molecule has 1 aliphatic heterocycles. The van der Waals surface area contributed by atoms with Crippen LogP contribution in [0.5, 0.6) is 0 Å². The molecule has 0 fully saturated rings. The van der Waals surface area contributed by atoms with Crippen LogP contribution >= 0.6 is 0 Å². The molecule has 0 saturated carbocycles. The summed E-state index contributed by atoms with van der Waals surface area (Å²) in [6.45, 7) is 0.728. The van der Waals surface area contributed by atoms with Crippen LogP contribution in [0.1, 0.15) is 40.0 Å². The summed E-state index contributed by atoms with van der Waals surface area (Å²) in [6.07, 6.45) is 4.09. The second-order valence-corrected chi connectivity index (χ2v) is 7.19. The number of fused-ring (bicyclic) bond motifs is 1. The molecule has 3 aromatic heterocycles. The molecule has 0 aliphatic carbocycles. The molecule has 8 heteroatoms. The van der Waals surface area contributed by atoms with E-state index in [9.17, 15) is 4.79 Å². The maximum atomic E-state index is 12.8. The molecule has 0 spiro atoms. The van der Waals surface area contributed by atoms with Crippen LogP contribution in [0.2, 0.25) is 0 Å². The van der Waals surface area contributed by atoms with Crippen molar-refractivity contribution in [1.29, 1.82) is 5.26 Å².